The van der Waals surface area contributed by atoms with Gasteiger partial charge in [-0.2, -0.15) is 0 Å². The molecule has 1 amide bonds. The largest absolute Gasteiger partial charge is 0.480 e. The molecule has 0 unspecified atom stereocenters. The minimum Gasteiger partial charge on any atom is -0.480 e. The molecule has 0 saturated carbocycles. The maximum absolute atomic E-state index is 13.1. The number of nitrogens with zero attached hydrogens (tertiary/aromatic N) is 1. The summed E-state index contributed by atoms with van der Waals surface area (Å²) in [4.78, 5) is 25.6. The molecule has 4 rings (SSSR count). The topological polar surface area (TPSA) is 66.8 Å². The Balaban J connectivity index is 1.42. The Morgan fingerprint density at radius 3 is 2.09 bits per heavy atom. The van der Waals surface area contributed by atoms with Crippen LogP contribution in [0.25, 0.3) is 11.1 Å². The van der Waals surface area contributed by atoms with Gasteiger partial charge in [-0.1, -0.05) is 60.7 Å². The van der Waals surface area contributed by atoms with Crippen LogP contribution in [-0.4, -0.2) is 41.8 Å². The number of hydrogen-bond acceptors (Lipinski definition) is 3. The van der Waals surface area contributed by atoms with Crippen molar-refractivity contribution in [3.63, 3.8) is 0 Å². The van der Waals surface area contributed by atoms with Crippen molar-refractivity contribution in [2.45, 2.75) is 24.8 Å². The van der Waals surface area contributed by atoms with Crippen LogP contribution in [0.5, 0.6) is 0 Å². The molecule has 6 heteroatoms. The van der Waals surface area contributed by atoms with E-state index in [0.717, 1.165) is 32.7 Å². The first-order valence-corrected chi connectivity index (χ1v) is 10.5. The molecular formula is C26H24FNO4. The first-order chi connectivity index (χ1) is 15.5. The Hall–Kier alpha value is -3.67. The number of ether oxygens (including phenoxy) is 1. The van der Waals surface area contributed by atoms with Crippen molar-refractivity contribution in [2.24, 2.45) is 0 Å². The highest BCUT2D eigenvalue weighted by atomic mass is 19.1. The van der Waals surface area contributed by atoms with Gasteiger partial charge < -0.3 is 9.84 Å². The van der Waals surface area contributed by atoms with Crippen LogP contribution in [0.15, 0.2) is 72.8 Å². The Labute approximate surface area is 186 Å². The molecule has 32 heavy (non-hydrogen) atoms. The third kappa shape index (κ3) is 4.35. The summed E-state index contributed by atoms with van der Waals surface area (Å²) < 4.78 is 18.7. The van der Waals surface area contributed by atoms with Crippen LogP contribution in [0.2, 0.25) is 0 Å². The van der Waals surface area contributed by atoms with Crippen LogP contribution >= 0.6 is 0 Å². The lowest BCUT2D eigenvalue weighted by atomic mass is 9.98. The van der Waals surface area contributed by atoms with E-state index in [9.17, 15) is 19.1 Å². The molecule has 1 atom stereocenters. The molecule has 0 aliphatic heterocycles. The average molecular weight is 433 g/mol. The van der Waals surface area contributed by atoms with Gasteiger partial charge in [-0.05, 0) is 52.8 Å². The highest BCUT2D eigenvalue weighted by molar-refractivity contribution is 5.81. The monoisotopic (exact) mass is 433 g/mol. The lowest BCUT2D eigenvalue weighted by Gasteiger charge is -2.25. The Bertz CT molecular complexity index is 1080. The van der Waals surface area contributed by atoms with Crippen LogP contribution < -0.4 is 0 Å². The molecule has 0 radical (unpaired) electrons. The van der Waals surface area contributed by atoms with E-state index in [0.29, 0.717) is 6.42 Å². The smallest absolute Gasteiger partial charge is 0.410 e. The van der Waals surface area contributed by atoms with E-state index in [-0.39, 0.29) is 24.8 Å². The fourth-order valence-corrected chi connectivity index (χ4v) is 4.26. The molecule has 0 bridgehead atoms. The van der Waals surface area contributed by atoms with Gasteiger partial charge in [-0.3, -0.25) is 4.90 Å². The minimum atomic E-state index is -1.11. The summed E-state index contributed by atoms with van der Waals surface area (Å²) >= 11 is 0. The molecule has 164 valence electrons. The fraction of sp³-hybridized carbons (Fsp3) is 0.231. The Morgan fingerprint density at radius 2 is 1.53 bits per heavy atom. The summed E-state index contributed by atoms with van der Waals surface area (Å²) in [5.74, 6) is -1.55. The number of rotatable bonds is 7. The zero-order valence-electron chi connectivity index (χ0n) is 17.7. The molecule has 0 fully saturated rings. The summed E-state index contributed by atoms with van der Waals surface area (Å²) in [5, 5.41) is 9.65. The second-order valence-corrected chi connectivity index (χ2v) is 7.93. The Kier molecular flexibility index (Phi) is 6.21. The summed E-state index contributed by atoms with van der Waals surface area (Å²) in [6.07, 6.45) is -0.0849. The number of fused-ring (bicyclic) bond motifs is 3. The molecule has 0 saturated heterocycles. The number of carbonyl (C=O) groups excluding carboxylic acids is 1. The van der Waals surface area contributed by atoms with Crippen molar-refractivity contribution in [1.82, 2.24) is 4.90 Å². The lowest BCUT2D eigenvalue weighted by molar-refractivity contribution is -0.142. The summed E-state index contributed by atoms with van der Waals surface area (Å²) in [7, 11) is 1.43. The minimum absolute atomic E-state index is 0.0951. The summed E-state index contributed by atoms with van der Waals surface area (Å²) in [6, 6.07) is 20.9. The van der Waals surface area contributed by atoms with Gasteiger partial charge in [0.2, 0.25) is 0 Å². The van der Waals surface area contributed by atoms with Crippen LogP contribution in [0.1, 0.15) is 29.0 Å². The number of halogens is 1. The first-order valence-electron chi connectivity index (χ1n) is 10.5. The molecule has 0 spiro atoms. The van der Waals surface area contributed by atoms with E-state index in [4.69, 9.17) is 4.74 Å². The van der Waals surface area contributed by atoms with Crippen LogP contribution in [0.4, 0.5) is 9.18 Å². The first kappa shape index (κ1) is 21.6. The molecule has 1 N–H and O–H groups in total. The van der Waals surface area contributed by atoms with E-state index < -0.39 is 18.1 Å². The number of amides is 1. The van der Waals surface area contributed by atoms with Crippen molar-refractivity contribution >= 4 is 12.1 Å². The van der Waals surface area contributed by atoms with Gasteiger partial charge in [-0.15, -0.1) is 0 Å². The second-order valence-electron chi connectivity index (χ2n) is 7.93. The Morgan fingerprint density at radius 1 is 0.969 bits per heavy atom. The SMILES string of the molecule is CN(C(=O)OCC1c2ccccc2-c2ccccc21)[C@@H](CCc1ccc(F)cc1)C(=O)O. The maximum atomic E-state index is 13.1. The van der Waals surface area contributed by atoms with E-state index in [1.54, 1.807) is 12.1 Å². The van der Waals surface area contributed by atoms with E-state index in [2.05, 4.69) is 12.1 Å². The fourth-order valence-electron chi connectivity index (χ4n) is 4.26. The van der Waals surface area contributed by atoms with Crippen molar-refractivity contribution in [2.75, 3.05) is 13.7 Å². The quantitative estimate of drug-likeness (QED) is 0.564. The number of aryl methyl sites for hydroxylation is 1. The zero-order chi connectivity index (χ0) is 22.7. The third-order valence-electron chi connectivity index (χ3n) is 6.00. The number of carboxylic acid groups (broad SMARTS) is 1. The van der Waals surface area contributed by atoms with E-state index >= 15 is 0 Å². The molecule has 5 nitrogen and oxygen atoms in total. The van der Waals surface area contributed by atoms with Crippen molar-refractivity contribution in [3.05, 3.63) is 95.3 Å². The summed E-state index contributed by atoms with van der Waals surface area (Å²) in [5.41, 5.74) is 5.24. The van der Waals surface area contributed by atoms with E-state index in [1.165, 1.54) is 19.2 Å². The predicted molar refractivity (Wildman–Crippen MR) is 119 cm³/mol. The zero-order valence-corrected chi connectivity index (χ0v) is 17.7. The number of likely N-dealkylation sites (N-methyl/N-ethyl adjacent to an activating group) is 1. The van der Waals surface area contributed by atoms with Crippen LogP contribution in [0.3, 0.4) is 0 Å². The van der Waals surface area contributed by atoms with Gasteiger partial charge in [0, 0.05) is 13.0 Å². The molecule has 0 aromatic heterocycles. The van der Waals surface area contributed by atoms with Gasteiger partial charge in [0.05, 0.1) is 0 Å². The van der Waals surface area contributed by atoms with Crippen molar-refractivity contribution < 1.29 is 23.8 Å². The molecule has 3 aromatic rings. The van der Waals surface area contributed by atoms with Crippen LogP contribution in [0, 0.1) is 5.82 Å². The van der Waals surface area contributed by atoms with Gasteiger partial charge in [0.25, 0.3) is 0 Å². The normalized spacial score (nSPS) is 13.2. The molecule has 1 aliphatic carbocycles. The highest BCUT2D eigenvalue weighted by Gasteiger charge is 2.31. The molecule has 0 heterocycles. The van der Waals surface area contributed by atoms with E-state index in [1.807, 2.05) is 36.4 Å². The molecular weight excluding hydrogens is 409 g/mol. The highest BCUT2D eigenvalue weighted by Crippen LogP contribution is 2.44. The number of benzene rings is 3. The average Bonchev–Trinajstić information content (AvgIpc) is 3.12. The van der Waals surface area contributed by atoms with Crippen molar-refractivity contribution in [3.8, 4) is 11.1 Å². The predicted octanol–water partition coefficient (Wildman–Crippen LogP) is 5.09. The standard InChI is InChI=1S/C26H24FNO4/c1-28(24(25(29)30)15-12-17-10-13-18(27)14-11-17)26(31)32-16-23-21-8-4-2-6-19(21)20-7-3-5-9-22(20)23/h2-11,13-14,23-24H,12,15-16H2,1H3,(H,29,30)/t24-/m0/s1. The van der Waals surface area contributed by atoms with Crippen molar-refractivity contribution in [1.29, 1.82) is 0 Å². The van der Waals surface area contributed by atoms with Gasteiger partial charge >= 0.3 is 12.1 Å². The number of carboxylic acids is 1. The maximum Gasteiger partial charge on any atom is 0.410 e. The van der Waals surface area contributed by atoms with Gasteiger partial charge in [-0.25, -0.2) is 14.0 Å². The van der Waals surface area contributed by atoms with Gasteiger partial charge in [0.1, 0.15) is 18.5 Å². The number of aliphatic carboxylic acids is 1. The molecule has 1 aliphatic rings. The molecule has 3 aromatic carbocycles. The third-order valence-corrected chi connectivity index (χ3v) is 6.00. The van der Waals surface area contributed by atoms with Gasteiger partial charge in [0.15, 0.2) is 0 Å². The summed E-state index contributed by atoms with van der Waals surface area (Å²) in [6.45, 7) is 0.126. The number of carbonyl (C=O) groups is 2. The lowest BCUT2D eigenvalue weighted by Crippen LogP contribution is -2.43. The van der Waals surface area contributed by atoms with Crippen LogP contribution in [-0.2, 0) is 16.0 Å². The number of hydrogen-bond donors (Lipinski definition) is 1. The second kappa shape index (κ2) is 9.22.